The Morgan fingerprint density at radius 1 is 1.07 bits per heavy atom. The van der Waals surface area contributed by atoms with Crippen LogP contribution < -0.4 is 0 Å². The van der Waals surface area contributed by atoms with E-state index in [0.717, 1.165) is 21.7 Å². The third-order valence-corrected chi connectivity index (χ3v) is 5.06. The van der Waals surface area contributed by atoms with Crippen molar-refractivity contribution in [3.63, 3.8) is 0 Å². The maximum Gasteiger partial charge on any atom is 0.213 e. The zero-order chi connectivity index (χ0) is 19.8. The van der Waals surface area contributed by atoms with Crippen LogP contribution in [0.3, 0.4) is 0 Å². The Bertz CT molecular complexity index is 1180. The average Bonchev–Trinajstić information content (AvgIpc) is 3.28. The molecule has 0 aliphatic carbocycles. The third kappa shape index (κ3) is 3.39. The lowest BCUT2D eigenvalue weighted by Crippen LogP contribution is -2.13. The number of rotatable bonds is 4. The van der Waals surface area contributed by atoms with Crippen molar-refractivity contribution in [2.75, 3.05) is 0 Å². The van der Waals surface area contributed by atoms with Crippen molar-refractivity contribution in [3.8, 4) is 11.4 Å². The summed E-state index contributed by atoms with van der Waals surface area (Å²) in [6, 6.07) is 12.5. The standard InChI is InChI=1S/C20H15BrClN5O/c1-12-11-26(13(2)24-12)17-8-5-15(21)9-18(17)27-19(10-23-25-27)20(28)14-3-6-16(22)7-4-14/h3-11H,1-2H3. The number of carbonyl (C=O) groups is 1. The van der Waals surface area contributed by atoms with Gasteiger partial charge in [-0.05, 0) is 56.3 Å². The summed E-state index contributed by atoms with van der Waals surface area (Å²) < 4.78 is 4.38. The Hall–Kier alpha value is -2.77. The van der Waals surface area contributed by atoms with E-state index in [0.29, 0.717) is 22.0 Å². The number of hydrogen-bond donors (Lipinski definition) is 0. The molecular formula is C20H15BrClN5O. The zero-order valence-corrected chi connectivity index (χ0v) is 17.4. The highest BCUT2D eigenvalue weighted by Gasteiger charge is 2.20. The lowest BCUT2D eigenvalue weighted by molar-refractivity contribution is 0.103. The van der Waals surface area contributed by atoms with Gasteiger partial charge in [0.1, 0.15) is 11.5 Å². The van der Waals surface area contributed by atoms with Gasteiger partial charge in [0.2, 0.25) is 5.78 Å². The van der Waals surface area contributed by atoms with Crippen LogP contribution in [-0.2, 0) is 0 Å². The van der Waals surface area contributed by atoms with E-state index in [1.807, 2.05) is 42.8 Å². The van der Waals surface area contributed by atoms with Gasteiger partial charge >= 0.3 is 0 Å². The third-order valence-electron chi connectivity index (χ3n) is 4.32. The smallest absolute Gasteiger partial charge is 0.213 e. The Balaban J connectivity index is 1.86. The van der Waals surface area contributed by atoms with Crippen LogP contribution >= 0.6 is 27.5 Å². The van der Waals surface area contributed by atoms with Gasteiger partial charge in [-0.2, -0.15) is 0 Å². The molecule has 0 spiro atoms. The summed E-state index contributed by atoms with van der Waals surface area (Å²) in [6.45, 7) is 3.87. The van der Waals surface area contributed by atoms with Crippen molar-refractivity contribution in [1.29, 1.82) is 0 Å². The molecule has 2 aromatic carbocycles. The Kier molecular flexibility index (Phi) is 4.87. The molecule has 0 saturated carbocycles. The second-order valence-electron chi connectivity index (χ2n) is 6.30. The van der Waals surface area contributed by atoms with Gasteiger partial charge < -0.3 is 4.57 Å². The Labute approximate surface area is 174 Å². The zero-order valence-electron chi connectivity index (χ0n) is 15.1. The van der Waals surface area contributed by atoms with Crippen LogP contribution in [0, 0.1) is 13.8 Å². The lowest BCUT2D eigenvalue weighted by Gasteiger charge is -2.14. The second-order valence-corrected chi connectivity index (χ2v) is 7.65. The monoisotopic (exact) mass is 455 g/mol. The van der Waals surface area contributed by atoms with Crippen molar-refractivity contribution in [3.05, 3.63) is 87.1 Å². The molecule has 0 bridgehead atoms. The maximum atomic E-state index is 13.0. The molecule has 2 heterocycles. The molecule has 0 aliphatic heterocycles. The largest absolute Gasteiger partial charge is 0.302 e. The summed E-state index contributed by atoms with van der Waals surface area (Å²) in [7, 11) is 0. The van der Waals surface area contributed by atoms with E-state index in [1.54, 1.807) is 28.9 Å². The van der Waals surface area contributed by atoms with Gasteiger partial charge in [0.15, 0.2) is 0 Å². The molecule has 0 radical (unpaired) electrons. The number of aryl methyl sites for hydroxylation is 2. The summed E-state index contributed by atoms with van der Waals surface area (Å²) in [4.78, 5) is 17.5. The molecule has 0 N–H and O–H groups in total. The van der Waals surface area contributed by atoms with Gasteiger partial charge in [-0.1, -0.05) is 32.7 Å². The van der Waals surface area contributed by atoms with Gasteiger partial charge in [-0.15, -0.1) is 5.10 Å². The number of nitrogens with zero attached hydrogens (tertiary/aromatic N) is 5. The minimum absolute atomic E-state index is 0.189. The fourth-order valence-corrected chi connectivity index (χ4v) is 3.52. The van der Waals surface area contributed by atoms with Crippen LogP contribution in [0.1, 0.15) is 27.6 Å². The van der Waals surface area contributed by atoms with E-state index in [4.69, 9.17) is 11.6 Å². The van der Waals surface area contributed by atoms with Gasteiger partial charge in [0.25, 0.3) is 0 Å². The van der Waals surface area contributed by atoms with Crippen molar-refractivity contribution >= 4 is 33.3 Å². The van der Waals surface area contributed by atoms with Crippen LogP contribution in [0.25, 0.3) is 11.4 Å². The highest BCUT2D eigenvalue weighted by molar-refractivity contribution is 9.10. The fraction of sp³-hybridized carbons (Fsp3) is 0.100. The molecule has 0 fully saturated rings. The predicted molar refractivity (Wildman–Crippen MR) is 111 cm³/mol. The summed E-state index contributed by atoms with van der Waals surface area (Å²) in [6.07, 6.45) is 3.41. The van der Waals surface area contributed by atoms with Crippen LogP contribution in [0.4, 0.5) is 0 Å². The molecule has 0 unspecified atom stereocenters. The van der Waals surface area contributed by atoms with E-state index < -0.39 is 0 Å². The maximum absolute atomic E-state index is 13.0. The van der Waals surface area contributed by atoms with Crippen LogP contribution in [0.15, 0.2) is 59.3 Å². The number of hydrogen-bond acceptors (Lipinski definition) is 4. The first-order chi connectivity index (χ1) is 13.4. The van der Waals surface area contributed by atoms with E-state index in [-0.39, 0.29) is 5.78 Å². The molecule has 0 amide bonds. The lowest BCUT2D eigenvalue weighted by atomic mass is 10.1. The number of ketones is 1. The predicted octanol–water partition coefficient (Wildman–Crippen LogP) is 4.72. The molecule has 8 heteroatoms. The number of benzene rings is 2. The number of halogens is 2. The summed E-state index contributed by atoms with van der Waals surface area (Å²) in [5, 5.41) is 8.73. The average molecular weight is 457 g/mol. The van der Waals surface area contributed by atoms with E-state index in [2.05, 4.69) is 31.2 Å². The summed E-state index contributed by atoms with van der Waals surface area (Å²) in [5.74, 6) is 0.651. The molecule has 0 atom stereocenters. The minimum atomic E-state index is -0.189. The van der Waals surface area contributed by atoms with Crippen LogP contribution in [0.5, 0.6) is 0 Å². The fourth-order valence-electron chi connectivity index (χ4n) is 3.05. The van der Waals surface area contributed by atoms with Crippen molar-refractivity contribution in [2.24, 2.45) is 0 Å². The van der Waals surface area contributed by atoms with Crippen molar-refractivity contribution < 1.29 is 4.79 Å². The molecule has 140 valence electrons. The van der Waals surface area contributed by atoms with Crippen LogP contribution in [0.2, 0.25) is 5.02 Å². The molecular weight excluding hydrogens is 442 g/mol. The summed E-state index contributed by atoms with van der Waals surface area (Å²) >= 11 is 9.44. The first kappa shape index (κ1) is 18.6. The first-order valence-corrected chi connectivity index (χ1v) is 9.65. The van der Waals surface area contributed by atoms with Gasteiger partial charge in [-0.3, -0.25) is 4.79 Å². The Morgan fingerprint density at radius 3 is 2.50 bits per heavy atom. The molecule has 6 nitrogen and oxygen atoms in total. The van der Waals surface area contributed by atoms with Crippen LogP contribution in [-0.4, -0.2) is 30.3 Å². The van der Waals surface area contributed by atoms with Gasteiger partial charge in [0, 0.05) is 21.3 Å². The van der Waals surface area contributed by atoms with E-state index in [9.17, 15) is 4.79 Å². The molecule has 0 saturated heterocycles. The van der Waals surface area contributed by atoms with Gasteiger partial charge in [-0.25, -0.2) is 9.67 Å². The number of imidazole rings is 1. The number of aromatic nitrogens is 5. The Morgan fingerprint density at radius 2 is 1.82 bits per heavy atom. The quantitative estimate of drug-likeness (QED) is 0.417. The molecule has 0 aliphatic rings. The SMILES string of the molecule is Cc1cn(-c2ccc(Br)cc2-n2nncc2C(=O)c2ccc(Cl)cc2)c(C)n1. The second kappa shape index (κ2) is 7.33. The topological polar surface area (TPSA) is 65.6 Å². The number of carbonyl (C=O) groups excluding carboxylic acids is 1. The van der Waals surface area contributed by atoms with E-state index in [1.165, 1.54) is 6.20 Å². The minimum Gasteiger partial charge on any atom is -0.302 e. The summed E-state index contributed by atoms with van der Waals surface area (Å²) in [5.41, 5.74) is 3.33. The van der Waals surface area contributed by atoms with Crippen molar-refractivity contribution in [1.82, 2.24) is 24.5 Å². The first-order valence-electron chi connectivity index (χ1n) is 8.48. The highest BCUT2D eigenvalue weighted by Crippen LogP contribution is 2.26. The molecule has 28 heavy (non-hydrogen) atoms. The highest BCUT2D eigenvalue weighted by atomic mass is 79.9. The normalized spacial score (nSPS) is 11.0. The van der Waals surface area contributed by atoms with Crippen molar-refractivity contribution in [2.45, 2.75) is 13.8 Å². The molecule has 4 aromatic rings. The molecule has 2 aromatic heterocycles. The van der Waals surface area contributed by atoms with E-state index >= 15 is 0 Å². The molecule has 4 rings (SSSR count). The van der Waals surface area contributed by atoms with Gasteiger partial charge in [0.05, 0.1) is 23.3 Å².